The van der Waals surface area contributed by atoms with Crippen molar-refractivity contribution in [2.24, 2.45) is 5.92 Å². The Balaban J connectivity index is 3.55. The van der Waals surface area contributed by atoms with E-state index in [0.29, 0.717) is 12.0 Å². The Labute approximate surface area is 76.9 Å². The van der Waals surface area contributed by atoms with Crippen molar-refractivity contribution in [3.63, 3.8) is 0 Å². The van der Waals surface area contributed by atoms with Gasteiger partial charge in [0.2, 0.25) is 0 Å². The van der Waals surface area contributed by atoms with Crippen molar-refractivity contribution < 1.29 is 0 Å². The summed E-state index contributed by atoms with van der Waals surface area (Å²) in [6.07, 6.45) is 3.20. The van der Waals surface area contributed by atoms with Crippen molar-refractivity contribution in [3.05, 3.63) is 6.92 Å². The molecule has 0 aliphatic carbocycles. The van der Waals surface area contributed by atoms with Crippen LogP contribution in [0, 0.1) is 24.7 Å². The summed E-state index contributed by atoms with van der Waals surface area (Å²) in [4.78, 5) is 0. The summed E-state index contributed by atoms with van der Waals surface area (Å²) in [7, 11) is 1.93. The molecule has 0 rings (SSSR count). The highest BCUT2D eigenvalue weighted by molar-refractivity contribution is 5.06. The molecule has 1 heteroatoms. The minimum atomic E-state index is 0.317. The molecule has 0 heterocycles. The Morgan fingerprint density at radius 1 is 1.42 bits per heavy atom. The summed E-state index contributed by atoms with van der Waals surface area (Å²) >= 11 is 0. The van der Waals surface area contributed by atoms with Crippen LogP contribution < -0.4 is 5.32 Å². The Morgan fingerprint density at radius 3 is 2.58 bits per heavy atom. The van der Waals surface area contributed by atoms with Crippen LogP contribution in [0.25, 0.3) is 0 Å². The number of hydrogen-bond acceptors (Lipinski definition) is 1. The first-order chi connectivity index (χ1) is 5.70. The van der Waals surface area contributed by atoms with E-state index in [0.717, 1.165) is 12.8 Å². The van der Waals surface area contributed by atoms with Gasteiger partial charge in [-0.1, -0.05) is 26.2 Å². The van der Waals surface area contributed by atoms with Crippen LogP contribution in [-0.4, -0.2) is 13.1 Å². The fraction of sp³-hybridized carbons (Fsp3) is 0.727. The van der Waals surface area contributed by atoms with Gasteiger partial charge in [-0.3, -0.25) is 0 Å². The highest BCUT2D eigenvalue weighted by Crippen LogP contribution is 2.07. The van der Waals surface area contributed by atoms with Crippen LogP contribution in [0.15, 0.2) is 0 Å². The second-order valence-electron chi connectivity index (χ2n) is 3.28. The first-order valence-electron chi connectivity index (χ1n) is 4.65. The highest BCUT2D eigenvalue weighted by atomic mass is 14.8. The fourth-order valence-corrected chi connectivity index (χ4v) is 0.909. The van der Waals surface area contributed by atoms with Crippen LogP contribution in [0.5, 0.6) is 0 Å². The van der Waals surface area contributed by atoms with Crippen LogP contribution in [-0.2, 0) is 0 Å². The number of hydrogen-bond donors (Lipinski definition) is 1. The average Bonchev–Trinajstić information content (AvgIpc) is 2.04. The zero-order chi connectivity index (χ0) is 9.40. The minimum Gasteiger partial charge on any atom is -0.307 e. The zero-order valence-corrected chi connectivity index (χ0v) is 8.48. The SMILES string of the molecule is [CH2]CCC(C)CC#CC(C)NC. The van der Waals surface area contributed by atoms with E-state index in [9.17, 15) is 0 Å². The van der Waals surface area contributed by atoms with Crippen molar-refractivity contribution in [2.45, 2.75) is 39.2 Å². The van der Waals surface area contributed by atoms with Gasteiger partial charge in [-0.15, -0.1) is 5.92 Å². The summed E-state index contributed by atoms with van der Waals surface area (Å²) in [5.41, 5.74) is 0. The molecule has 1 N–H and O–H groups in total. The fourth-order valence-electron chi connectivity index (χ4n) is 0.909. The molecule has 0 fully saturated rings. The monoisotopic (exact) mass is 166 g/mol. The first-order valence-corrected chi connectivity index (χ1v) is 4.65. The molecular formula is C11H20N. The number of nitrogens with one attached hydrogen (secondary N) is 1. The third kappa shape index (κ3) is 6.24. The van der Waals surface area contributed by atoms with Crippen LogP contribution in [0.4, 0.5) is 0 Å². The molecule has 0 spiro atoms. The van der Waals surface area contributed by atoms with E-state index in [1.807, 2.05) is 7.05 Å². The van der Waals surface area contributed by atoms with Gasteiger partial charge in [0.1, 0.15) is 0 Å². The van der Waals surface area contributed by atoms with Gasteiger partial charge in [-0.25, -0.2) is 0 Å². The molecule has 0 aromatic rings. The molecule has 2 atom stereocenters. The molecule has 12 heavy (non-hydrogen) atoms. The summed E-state index contributed by atoms with van der Waals surface area (Å²) in [5.74, 6) is 7.01. The lowest BCUT2D eigenvalue weighted by atomic mass is 10.0. The van der Waals surface area contributed by atoms with Crippen LogP contribution >= 0.6 is 0 Å². The van der Waals surface area contributed by atoms with Gasteiger partial charge in [0.25, 0.3) is 0 Å². The Morgan fingerprint density at radius 2 is 2.08 bits per heavy atom. The molecule has 0 saturated carbocycles. The lowest BCUT2D eigenvalue weighted by molar-refractivity contribution is 0.552. The predicted octanol–water partition coefficient (Wildman–Crippen LogP) is 2.24. The first kappa shape index (κ1) is 11.5. The maximum Gasteiger partial charge on any atom is 0.0658 e. The van der Waals surface area contributed by atoms with Gasteiger partial charge >= 0.3 is 0 Å². The van der Waals surface area contributed by atoms with Gasteiger partial charge in [0.05, 0.1) is 6.04 Å². The maximum atomic E-state index is 3.82. The van der Waals surface area contributed by atoms with Crippen molar-refractivity contribution >= 4 is 0 Å². The standard InChI is InChI=1S/C11H20N/c1-5-7-10(2)8-6-9-11(3)12-4/h10-12H,1,5,7-8H2,2-4H3. The third-order valence-electron chi connectivity index (χ3n) is 1.90. The van der Waals surface area contributed by atoms with E-state index < -0.39 is 0 Å². The van der Waals surface area contributed by atoms with E-state index in [2.05, 4.69) is 37.9 Å². The van der Waals surface area contributed by atoms with Crippen molar-refractivity contribution in [3.8, 4) is 11.8 Å². The molecule has 1 radical (unpaired) electrons. The maximum absolute atomic E-state index is 3.82. The van der Waals surface area contributed by atoms with E-state index in [1.165, 1.54) is 6.42 Å². The molecule has 1 nitrogen and oxygen atoms in total. The predicted molar refractivity (Wildman–Crippen MR) is 54.7 cm³/mol. The normalized spacial score (nSPS) is 14.7. The molecule has 0 aliphatic rings. The summed E-state index contributed by atoms with van der Waals surface area (Å²) < 4.78 is 0. The van der Waals surface area contributed by atoms with Crippen LogP contribution in [0.3, 0.4) is 0 Å². The molecule has 0 amide bonds. The molecule has 0 aliphatic heterocycles. The zero-order valence-electron chi connectivity index (χ0n) is 8.48. The molecule has 0 aromatic heterocycles. The van der Waals surface area contributed by atoms with Gasteiger partial charge in [-0.2, -0.15) is 0 Å². The molecule has 0 saturated heterocycles. The Bertz CT molecular complexity index is 152. The van der Waals surface area contributed by atoms with E-state index in [4.69, 9.17) is 0 Å². The van der Waals surface area contributed by atoms with E-state index >= 15 is 0 Å². The van der Waals surface area contributed by atoms with E-state index in [-0.39, 0.29) is 0 Å². The van der Waals surface area contributed by atoms with Gasteiger partial charge < -0.3 is 5.32 Å². The Hall–Kier alpha value is -0.480. The molecular weight excluding hydrogens is 146 g/mol. The number of rotatable bonds is 4. The summed E-state index contributed by atoms with van der Waals surface area (Å²) in [6, 6.07) is 0.317. The molecule has 0 aromatic carbocycles. The molecule has 69 valence electrons. The third-order valence-corrected chi connectivity index (χ3v) is 1.90. The quantitative estimate of drug-likeness (QED) is 0.632. The second-order valence-corrected chi connectivity index (χ2v) is 3.28. The van der Waals surface area contributed by atoms with Crippen molar-refractivity contribution in [1.29, 1.82) is 0 Å². The van der Waals surface area contributed by atoms with Crippen LogP contribution in [0.2, 0.25) is 0 Å². The van der Waals surface area contributed by atoms with E-state index in [1.54, 1.807) is 0 Å². The lowest BCUT2D eigenvalue weighted by Gasteiger charge is -2.04. The summed E-state index contributed by atoms with van der Waals surface area (Å²) in [6.45, 7) is 8.12. The molecule has 0 bridgehead atoms. The highest BCUT2D eigenvalue weighted by Gasteiger charge is 1.96. The second kappa shape index (κ2) is 7.18. The Kier molecular flexibility index (Phi) is 6.90. The largest absolute Gasteiger partial charge is 0.307 e. The molecule has 2 unspecified atom stereocenters. The van der Waals surface area contributed by atoms with Gasteiger partial charge in [-0.05, 0) is 26.3 Å². The summed E-state index contributed by atoms with van der Waals surface area (Å²) in [5, 5.41) is 3.08. The minimum absolute atomic E-state index is 0.317. The van der Waals surface area contributed by atoms with Gasteiger partial charge in [0.15, 0.2) is 0 Å². The van der Waals surface area contributed by atoms with Crippen molar-refractivity contribution in [1.82, 2.24) is 5.32 Å². The smallest absolute Gasteiger partial charge is 0.0658 e. The van der Waals surface area contributed by atoms with Gasteiger partial charge in [0, 0.05) is 6.42 Å². The van der Waals surface area contributed by atoms with Crippen LogP contribution in [0.1, 0.15) is 33.1 Å². The lowest BCUT2D eigenvalue weighted by Crippen LogP contribution is -2.18. The average molecular weight is 166 g/mol. The van der Waals surface area contributed by atoms with Crippen molar-refractivity contribution in [2.75, 3.05) is 7.05 Å². The topological polar surface area (TPSA) is 12.0 Å².